The Morgan fingerprint density at radius 1 is 1.50 bits per heavy atom. The molecule has 0 radical (unpaired) electrons. The second kappa shape index (κ2) is 4.89. The summed E-state index contributed by atoms with van der Waals surface area (Å²) in [6.45, 7) is 1.74. The molecule has 0 spiro atoms. The van der Waals surface area contributed by atoms with E-state index in [0.29, 0.717) is 12.0 Å². The van der Waals surface area contributed by atoms with Gasteiger partial charge in [-0.15, -0.1) is 0 Å². The summed E-state index contributed by atoms with van der Waals surface area (Å²) >= 11 is 1.72. The van der Waals surface area contributed by atoms with Crippen molar-refractivity contribution in [1.82, 2.24) is 5.43 Å². The first-order valence-electron chi connectivity index (χ1n) is 4.98. The van der Waals surface area contributed by atoms with E-state index in [1.165, 1.54) is 5.56 Å². The van der Waals surface area contributed by atoms with E-state index < -0.39 is 0 Å². The van der Waals surface area contributed by atoms with Crippen molar-refractivity contribution >= 4 is 11.3 Å². The van der Waals surface area contributed by atoms with Crippen molar-refractivity contribution in [1.29, 1.82) is 0 Å². The van der Waals surface area contributed by atoms with E-state index in [2.05, 4.69) is 22.3 Å². The van der Waals surface area contributed by atoms with E-state index in [-0.39, 0.29) is 0 Å². The zero-order valence-corrected chi connectivity index (χ0v) is 8.93. The minimum Gasteiger partial charge on any atom is -0.381 e. The second-order valence-corrected chi connectivity index (χ2v) is 4.43. The average molecular weight is 212 g/mol. The number of hydrogen-bond donors (Lipinski definition) is 2. The van der Waals surface area contributed by atoms with Gasteiger partial charge in [-0.3, -0.25) is 11.3 Å². The molecule has 0 aliphatic carbocycles. The highest BCUT2D eigenvalue weighted by molar-refractivity contribution is 7.07. The van der Waals surface area contributed by atoms with Crippen LogP contribution in [-0.4, -0.2) is 13.2 Å². The Morgan fingerprint density at radius 3 is 2.86 bits per heavy atom. The Bertz CT molecular complexity index is 257. The molecule has 78 valence electrons. The fourth-order valence-corrected chi connectivity index (χ4v) is 2.70. The Kier molecular flexibility index (Phi) is 3.53. The van der Waals surface area contributed by atoms with E-state index >= 15 is 0 Å². The lowest BCUT2D eigenvalue weighted by molar-refractivity contribution is 0.0537. The van der Waals surface area contributed by atoms with Crippen molar-refractivity contribution < 1.29 is 4.74 Å². The van der Waals surface area contributed by atoms with Gasteiger partial charge in [-0.2, -0.15) is 11.3 Å². The predicted octanol–water partition coefficient (Wildman–Crippen LogP) is 1.68. The van der Waals surface area contributed by atoms with Crippen LogP contribution >= 0.6 is 11.3 Å². The quantitative estimate of drug-likeness (QED) is 0.592. The third kappa shape index (κ3) is 2.15. The Morgan fingerprint density at radius 2 is 2.29 bits per heavy atom. The van der Waals surface area contributed by atoms with Crippen LogP contribution in [0.15, 0.2) is 16.8 Å². The Labute approximate surface area is 88.2 Å². The first-order chi connectivity index (χ1) is 6.92. The molecular formula is C10H16N2OS. The summed E-state index contributed by atoms with van der Waals surface area (Å²) in [7, 11) is 0. The van der Waals surface area contributed by atoms with Crippen LogP contribution in [0.4, 0.5) is 0 Å². The second-order valence-electron chi connectivity index (χ2n) is 3.65. The molecule has 1 atom stereocenters. The molecule has 1 unspecified atom stereocenters. The van der Waals surface area contributed by atoms with Gasteiger partial charge in [0.15, 0.2) is 0 Å². The molecule has 1 aliphatic rings. The molecule has 0 saturated carbocycles. The SMILES string of the molecule is NNC(c1ccsc1)C1CCOCC1. The van der Waals surface area contributed by atoms with E-state index in [1.807, 2.05) is 0 Å². The minimum atomic E-state index is 0.296. The lowest BCUT2D eigenvalue weighted by Gasteiger charge is -2.29. The monoisotopic (exact) mass is 212 g/mol. The number of nitrogens with two attached hydrogens (primary N) is 1. The summed E-state index contributed by atoms with van der Waals surface area (Å²) in [6.07, 6.45) is 2.20. The minimum absolute atomic E-state index is 0.296. The van der Waals surface area contributed by atoms with Crippen LogP contribution < -0.4 is 11.3 Å². The van der Waals surface area contributed by atoms with Crippen LogP contribution in [0.5, 0.6) is 0 Å². The first kappa shape index (κ1) is 10.1. The summed E-state index contributed by atoms with van der Waals surface area (Å²) in [4.78, 5) is 0. The fraction of sp³-hybridized carbons (Fsp3) is 0.600. The van der Waals surface area contributed by atoms with Crippen LogP contribution in [0, 0.1) is 5.92 Å². The van der Waals surface area contributed by atoms with Crippen molar-refractivity contribution in [2.45, 2.75) is 18.9 Å². The van der Waals surface area contributed by atoms with Gasteiger partial charge in [-0.25, -0.2) is 0 Å². The zero-order valence-electron chi connectivity index (χ0n) is 8.11. The van der Waals surface area contributed by atoms with Gasteiger partial charge >= 0.3 is 0 Å². The first-order valence-corrected chi connectivity index (χ1v) is 5.92. The normalized spacial score (nSPS) is 20.9. The van der Waals surface area contributed by atoms with E-state index in [1.54, 1.807) is 11.3 Å². The summed E-state index contributed by atoms with van der Waals surface area (Å²) in [5.41, 5.74) is 4.23. The van der Waals surface area contributed by atoms with E-state index in [0.717, 1.165) is 26.1 Å². The molecule has 1 aromatic heterocycles. The lowest BCUT2D eigenvalue weighted by Crippen LogP contribution is -2.35. The zero-order chi connectivity index (χ0) is 9.80. The number of hydrazine groups is 1. The number of rotatable bonds is 3. The Balaban J connectivity index is 2.04. The number of ether oxygens (including phenoxy) is 1. The van der Waals surface area contributed by atoms with Crippen LogP contribution in [0.25, 0.3) is 0 Å². The highest BCUT2D eigenvalue weighted by atomic mass is 32.1. The summed E-state index contributed by atoms with van der Waals surface area (Å²) in [6, 6.07) is 2.44. The van der Waals surface area contributed by atoms with E-state index in [4.69, 9.17) is 10.6 Å². The molecule has 3 nitrogen and oxygen atoms in total. The van der Waals surface area contributed by atoms with Gasteiger partial charge in [-0.1, -0.05) is 0 Å². The molecule has 1 fully saturated rings. The van der Waals surface area contributed by atoms with Gasteiger partial charge in [0.2, 0.25) is 0 Å². The summed E-state index contributed by atoms with van der Waals surface area (Å²) in [5.74, 6) is 6.22. The van der Waals surface area contributed by atoms with Crippen molar-refractivity contribution in [2.24, 2.45) is 11.8 Å². The smallest absolute Gasteiger partial charge is 0.0498 e. The van der Waals surface area contributed by atoms with Crippen molar-refractivity contribution in [3.8, 4) is 0 Å². The van der Waals surface area contributed by atoms with Crippen molar-refractivity contribution in [3.63, 3.8) is 0 Å². The van der Waals surface area contributed by atoms with Gasteiger partial charge in [0.05, 0.1) is 0 Å². The maximum absolute atomic E-state index is 5.61. The molecule has 0 aromatic carbocycles. The van der Waals surface area contributed by atoms with Crippen LogP contribution in [-0.2, 0) is 4.74 Å². The molecule has 3 N–H and O–H groups in total. The summed E-state index contributed by atoms with van der Waals surface area (Å²) in [5, 5.41) is 4.26. The standard InChI is InChI=1S/C10H16N2OS/c11-12-10(9-3-6-14-7-9)8-1-4-13-5-2-8/h3,6-8,10,12H,1-2,4-5,11H2. The molecule has 0 amide bonds. The molecular weight excluding hydrogens is 196 g/mol. The number of hydrogen-bond acceptors (Lipinski definition) is 4. The van der Waals surface area contributed by atoms with Gasteiger partial charge in [0, 0.05) is 19.3 Å². The van der Waals surface area contributed by atoms with Crippen molar-refractivity contribution in [2.75, 3.05) is 13.2 Å². The molecule has 4 heteroatoms. The average Bonchev–Trinajstić information content (AvgIpc) is 2.74. The van der Waals surface area contributed by atoms with Crippen LogP contribution in [0.3, 0.4) is 0 Å². The van der Waals surface area contributed by atoms with E-state index in [9.17, 15) is 0 Å². The van der Waals surface area contributed by atoms with Gasteiger partial charge in [-0.05, 0) is 41.1 Å². The third-order valence-corrected chi connectivity index (χ3v) is 3.52. The molecule has 0 bridgehead atoms. The summed E-state index contributed by atoms with van der Waals surface area (Å²) < 4.78 is 5.35. The Hall–Kier alpha value is -0.420. The van der Waals surface area contributed by atoms with Gasteiger partial charge in [0.1, 0.15) is 0 Å². The molecule has 14 heavy (non-hydrogen) atoms. The highest BCUT2D eigenvalue weighted by Gasteiger charge is 2.24. The van der Waals surface area contributed by atoms with Crippen molar-refractivity contribution in [3.05, 3.63) is 22.4 Å². The molecule has 2 heterocycles. The molecule has 1 aliphatic heterocycles. The number of thiophene rings is 1. The third-order valence-electron chi connectivity index (χ3n) is 2.82. The van der Waals surface area contributed by atoms with Gasteiger partial charge in [0.25, 0.3) is 0 Å². The maximum atomic E-state index is 5.61. The topological polar surface area (TPSA) is 47.3 Å². The fourth-order valence-electron chi connectivity index (χ4n) is 2.01. The molecule has 2 rings (SSSR count). The predicted molar refractivity (Wildman–Crippen MR) is 57.9 cm³/mol. The number of nitrogens with one attached hydrogen (secondary N) is 1. The maximum Gasteiger partial charge on any atom is 0.0498 e. The largest absolute Gasteiger partial charge is 0.381 e. The molecule has 1 aromatic rings. The van der Waals surface area contributed by atoms with Crippen LogP contribution in [0.2, 0.25) is 0 Å². The highest BCUT2D eigenvalue weighted by Crippen LogP contribution is 2.30. The van der Waals surface area contributed by atoms with Crippen LogP contribution in [0.1, 0.15) is 24.4 Å². The molecule has 1 saturated heterocycles. The van der Waals surface area contributed by atoms with Gasteiger partial charge < -0.3 is 4.74 Å². The lowest BCUT2D eigenvalue weighted by atomic mass is 9.89.